The maximum absolute atomic E-state index is 11.4. The topological polar surface area (TPSA) is 34.1 Å². The second kappa shape index (κ2) is 18.0. The lowest BCUT2D eigenvalue weighted by atomic mass is 10.2. The molecular weight excluding hydrogens is 625 g/mol. The fourth-order valence-corrected chi connectivity index (χ4v) is 14.0. The molecule has 0 fully saturated rings. The van der Waals surface area contributed by atoms with Crippen LogP contribution in [0.15, 0.2) is 69.2 Å². The Labute approximate surface area is 262 Å². The van der Waals surface area contributed by atoms with Crippen molar-refractivity contribution in [2.75, 3.05) is 23.0 Å². The molecule has 0 aromatic heterocycles. The molecule has 2 atom stereocenters. The monoisotopic (exact) mass is 658 g/mol. The summed E-state index contributed by atoms with van der Waals surface area (Å²) in [5.41, 5.74) is 2.78. The fourth-order valence-electron chi connectivity index (χ4n) is 3.55. The summed E-state index contributed by atoms with van der Waals surface area (Å²) in [5.74, 6) is 6.02. The van der Waals surface area contributed by atoms with Crippen LogP contribution >= 0.6 is 94.1 Å². The SMILES string of the molecule is C=CC(=O)SCCC1=C(C)SC(CSCc2ccc(CSCC3SC(C)=C(CCSC(=O)C=C)S3)cc2)S1. The van der Waals surface area contributed by atoms with E-state index in [0.717, 1.165) is 47.4 Å². The van der Waals surface area contributed by atoms with Crippen LogP contribution in [-0.4, -0.2) is 42.4 Å². The molecule has 2 heterocycles. The summed E-state index contributed by atoms with van der Waals surface area (Å²) in [6, 6.07) is 9.13. The lowest BCUT2D eigenvalue weighted by Gasteiger charge is -2.10. The van der Waals surface area contributed by atoms with Gasteiger partial charge in [-0.25, -0.2) is 0 Å². The number of hydrogen-bond acceptors (Lipinski definition) is 10. The van der Waals surface area contributed by atoms with Gasteiger partial charge >= 0.3 is 0 Å². The van der Waals surface area contributed by atoms with E-state index in [2.05, 4.69) is 51.3 Å². The molecule has 3 rings (SSSR count). The van der Waals surface area contributed by atoms with E-state index in [0.29, 0.717) is 9.16 Å². The van der Waals surface area contributed by atoms with E-state index in [4.69, 9.17) is 0 Å². The number of allylic oxidation sites excluding steroid dienone is 4. The zero-order valence-corrected chi connectivity index (χ0v) is 28.3. The molecular formula is C28H34O2S8. The molecule has 0 bridgehead atoms. The Balaban J connectivity index is 1.28. The van der Waals surface area contributed by atoms with Crippen LogP contribution in [-0.2, 0) is 21.1 Å². The Morgan fingerprint density at radius 3 is 1.50 bits per heavy atom. The highest BCUT2D eigenvalue weighted by atomic mass is 32.2. The Kier molecular flexibility index (Phi) is 15.5. The molecule has 2 aliphatic rings. The van der Waals surface area contributed by atoms with Crippen LogP contribution in [0, 0.1) is 0 Å². The van der Waals surface area contributed by atoms with E-state index in [9.17, 15) is 9.59 Å². The third-order valence-electron chi connectivity index (χ3n) is 5.50. The van der Waals surface area contributed by atoms with E-state index in [1.807, 2.05) is 70.6 Å². The van der Waals surface area contributed by atoms with Crippen molar-refractivity contribution in [3.63, 3.8) is 0 Å². The third-order valence-corrected chi connectivity index (χ3v) is 16.2. The highest BCUT2D eigenvalue weighted by Gasteiger charge is 2.24. The molecule has 38 heavy (non-hydrogen) atoms. The molecule has 10 heteroatoms. The molecule has 0 N–H and O–H groups in total. The molecule has 1 aromatic rings. The smallest absolute Gasteiger partial charge is 0.211 e. The van der Waals surface area contributed by atoms with Crippen LogP contribution in [0.2, 0.25) is 0 Å². The van der Waals surface area contributed by atoms with Crippen molar-refractivity contribution < 1.29 is 9.59 Å². The van der Waals surface area contributed by atoms with Gasteiger partial charge in [-0.2, -0.15) is 23.5 Å². The Bertz CT molecular complexity index is 964. The average Bonchev–Trinajstić information content (AvgIpc) is 3.45. The van der Waals surface area contributed by atoms with Crippen molar-refractivity contribution in [3.8, 4) is 0 Å². The van der Waals surface area contributed by atoms with Crippen LogP contribution in [0.25, 0.3) is 0 Å². The Morgan fingerprint density at radius 2 is 1.13 bits per heavy atom. The van der Waals surface area contributed by atoms with Crippen molar-refractivity contribution in [1.29, 1.82) is 0 Å². The summed E-state index contributed by atoms with van der Waals surface area (Å²) in [7, 11) is 0. The van der Waals surface area contributed by atoms with Crippen molar-refractivity contribution in [2.24, 2.45) is 0 Å². The first-order valence-electron chi connectivity index (χ1n) is 12.3. The number of rotatable bonds is 16. The van der Waals surface area contributed by atoms with Gasteiger partial charge in [0.1, 0.15) is 0 Å². The predicted molar refractivity (Wildman–Crippen MR) is 187 cm³/mol. The fraction of sp³-hybridized carbons (Fsp3) is 0.429. The van der Waals surface area contributed by atoms with Gasteiger partial charge in [0.2, 0.25) is 10.2 Å². The molecule has 0 saturated carbocycles. The molecule has 0 amide bonds. The Morgan fingerprint density at radius 1 is 0.737 bits per heavy atom. The van der Waals surface area contributed by atoms with Crippen molar-refractivity contribution >= 4 is 104 Å². The lowest BCUT2D eigenvalue weighted by molar-refractivity contribution is -0.107. The summed E-state index contributed by atoms with van der Waals surface area (Å²) in [4.78, 5) is 28.5. The van der Waals surface area contributed by atoms with E-state index in [-0.39, 0.29) is 10.2 Å². The van der Waals surface area contributed by atoms with Gasteiger partial charge in [-0.1, -0.05) is 60.9 Å². The van der Waals surface area contributed by atoms with Crippen molar-refractivity contribution in [3.05, 3.63) is 80.3 Å². The van der Waals surface area contributed by atoms with Crippen LogP contribution in [0.3, 0.4) is 0 Å². The molecule has 2 unspecified atom stereocenters. The third kappa shape index (κ3) is 11.7. The highest BCUT2D eigenvalue weighted by molar-refractivity contribution is 8.25. The number of carbonyl (C=O) groups excluding carboxylic acids is 2. The highest BCUT2D eigenvalue weighted by Crippen LogP contribution is 2.49. The predicted octanol–water partition coefficient (Wildman–Crippen LogP) is 9.90. The summed E-state index contributed by atoms with van der Waals surface area (Å²) >= 11 is 14.7. The van der Waals surface area contributed by atoms with Gasteiger partial charge < -0.3 is 0 Å². The van der Waals surface area contributed by atoms with Gasteiger partial charge in [0.05, 0.1) is 9.16 Å². The molecule has 0 radical (unpaired) electrons. The molecule has 2 nitrogen and oxygen atoms in total. The van der Waals surface area contributed by atoms with Gasteiger partial charge in [-0.3, -0.25) is 9.59 Å². The number of benzene rings is 1. The van der Waals surface area contributed by atoms with E-state index in [1.54, 1.807) is 0 Å². The molecule has 1 aromatic carbocycles. The standard InChI is InChI=1S/C28H34O2S8/c1-5-25(29)33-13-11-23-19(3)35-27(37-23)17-31-15-21-7-9-22(10-8-21)16-32-18-28-36-20(4)24(38-28)12-14-34-26(30)6-2/h5-10,27-28H,1-2,11-18H2,3-4H3. The lowest BCUT2D eigenvalue weighted by Crippen LogP contribution is -1.98. The number of carbonyl (C=O) groups is 2. The summed E-state index contributed by atoms with van der Waals surface area (Å²) < 4.78 is 1.15. The van der Waals surface area contributed by atoms with Crippen LogP contribution in [0.4, 0.5) is 0 Å². The largest absolute Gasteiger partial charge is 0.282 e. The van der Waals surface area contributed by atoms with E-state index in [1.165, 1.54) is 66.4 Å². The first-order chi connectivity index (χ1) is 18.4. The van der Waals surface area contributed by atoms with Gasteiger partial charge in [-0.05, 0) is 69.6 Å². The van der Waals surface area contributed by atoms with Gasteiger partial charge in [0.25, 0.3) is 0 Å². The molecule has 206 valence electrons. The second-order valence-corrected chi connectivity index (χ2v) is 18.7. The molecule has 0 saturated heterocycles. The Hall–Kier alpha value is 0.320. The maximum atomic E-state index is 11.4. The van der Waals surface area contributed by atoms with Crippen molar-refractivity contribution in [2.45, 2.75) is 47.4 Å². The molecule has 0 spiro atoms. The summed E-state index contributed by atoms with van der Waals surface area (Å²) in [5, 5.41) is 0.128. The van der Waals surface area contributed by atoms with Crippen LogP contribution in [0.1, 0.15) is 37.8 Å². The molecule has 0 aliphatic carbocycles. The summed E-state index contributed by atoms with van der Waals surface area (Å²) in [6.07, 6.45) is 4.74. The summed E-state index contributed by atoms with van der Waals surface area (Å²) in [6.45, 7) is 11.5. The zero-order valence-electron chi connectivity index (χ0n) is 21.8. The first kappa shape index (κ1) is 32.8. The van der Waals surface area contributed by atoms with Crippen molar-refractivity contribution in [1.82, 2.24) is 0 Å². The van der Waals surface area contributed by atoms with Gasteiger partial charge in [0.15, 0.2) is 0 Å². The van der Waals surface area contributed by atoms with E-state index >= 15 is 0 Å². The second-order valence-electron chi connectivity index (χ2n) is 8.38. The molecule has 2 aliphatic heterocycles. The quantitative estimate of drug-likeness (QED) is 0.160. The van der Waals surface area contributed by atoms with Gasteiger partial charge in [0, 0.05) is 34.5 Å². The minimum atomic E-state index is 0.0641. The minimum absolute atomic E-state index is 0.0641. The first-order valence-corrected chi connectivity index (χ1v) is 20.1. The van der Waals surface area contributed by atoms with E-state index < -0.39 is 0 Å². The number of hydrogen-bond donors (Lipinski definition) is 0. The maximum Gasteiger partial charge on any atom is 0.211 e. The zero-order chi connectivity index (χ0) is 27.3. The van der Waals surface area contributed by atoms with Crippen LogP contribution in [0.5, 0.6) is 0 Å². The normalized spacial score (nSPS) is 19.3. The average molecular weight is 659 g/mol. The van der Waals surface area contributed by atoms with Crippen LogP contribution < -0.4 is 0 Å². The minimum Gasteiger partial charge on any atom is -0.282 e. The number of thioether (sulfide) groups is 8. The van der Waals surface area contributed by atoms with Gasteiger partial charge in [-0.15, -0.1) is 47.0 Å².